The van der Waals surface area contributed by atoms with Gasteiger partial charge in [-0.15, -0.1) is 24.0 Å². The third-order valence-electron chi connectivity index (χ3n) is 2.62. The van der Waals surface area contributed by atoms with Crippen LogP contribution in [0.4, 0.5) is 0 Å². The first-order valence-electron chi connectivity index (χ1n) is 6.30. The normalized spacial score (nSPS) is 10.8. The van der Waals surface area contributed by atoms with Gasteiger partial charge in [0.15, 0.2) is 5.96 Å². The fourth-order valence-electron chi connectivity index (χ4n) is 1.60. The molecule has 0 heterocycles. The van der Waals surface area contributed by atoms with Crippen molar-refractivity contribution >= 4 is 41.7 Å². The summed E-state index contributed by atoms with van der Waals surface area (Å²) in [6.07, 6.45) is 2.10. The Balaban J connectivity index is 0.00000361. The first-order chi connectivity index (χ1) is 9.30. The molecule has 6 heteroatoms. The predicted octanol–water partition coefficient (Wildman–Crippen LogP) is 2.48. The van der Waals surface area contributed by atoms with Crippen molar-refractivity contribution in [2.75, 3.05) is 32.7 Å². The second-order valence-corrected chi connectivity index (χ2v) is 5.08. The summed E-state index contributed by atoms with van der Waals surface area (Å²) < 4.78 is 5.09. The molecule has 1 rings (SSSR count). The van der Waals surface area contributed by atoms with Crippen LogP contribution >= 0.6 is 35.7 Å². The van der Waals surface area contributed by atoms with Crippen molar-refractivity contribution in [1.82, 2.24) is 10.6 Å². The van der Waals surface area contributed by atoms with Gasteiger partial charge in [-0.1, -0.05) is 24.3 Å². The first-order valence-corrected chi connectivity index (χ1v) is 7.69. The number of methoxy groups -OCH3 is 1. The van der Waals surface area contributed by atoms with E-state index in [9.17, 15) is 0 Å². The number of benzene rings is 1. The van der Waals surface area contributed by atoms with Crippen LogP contribution in [0.15, 0.2) is 29.3 Å². The summed E-state index contributed by atoms with van der Waals surface area (Å²) in [5.74, 6) is 1.92. The van der Waals surface area contributed by atoms with Gasteiger partial charge in [0.2, 0.25) is 0 Å². The zero-order chi connectivity index (χ0) is 13.9. The molecule has 0 fully saturated rings. The molecule has 0 atom stereocenters. The lowest BCUT2D eigenvalue weighted by Crippen LogP contribution is -2.37. The van der Waals surface area contributed by atoms with E-state index in [2.05, 4.69) is 46.1 Å². The summed E-state index contributed by atoms with van der Waals surface area (Å²) in [7, 11) is 3.50. The summed E-state index contributed by atoms with van der Waals surface area (Å²) in [4.78, 5) is 4.19. The number of nitrogens with zero attached hydrogens (tertiary/aromatic N) is 1. The molecule has 0 aliphatic carbocycles. The Labute approximate surface area is 143 Å². The number of thioether (sulfide) groups is 1. The van der Waals surface area contributed by atoms with Crippen LogP contribution in [0.1, 0.15) is 11.1 Å². The Morgan fingerprint density at radius 2 is 1.85 bits per heavy atom. The van der Waals surface area contributed by atoms with Gasteiger partial charge >= 0.3 is 0 Å². The van der Waals surface area contributed by atoms with E-state index in [4.69, 9.17) is 4.74 Å². The molecular formula is C14H24IN3OS. The van der Waals surface area contributed by atoms with Crippen LogP contribution in [0.2, 0.25) is 0 Å². The molecule has 0 aromatic heterocycles. The van der Waals surface area contributed by atoms with Gasteiger partial charge in [-0.05, 0) is 17.4 Å². The lowest BCUT2D eigenvalue weighted by atomic mass is 10.1. The van der Waals surface area contributed by atoms with E-state index in [0.29, 0.717) is 6.61 Å². The van der Waals surface area contributed by atoms with Gasteiger partial charge in [-0.3, -0.25) is 4.99 Å². The zero-order valence-electron chi connectivity index (χ0n) is 12.3. The molecular weight excluding hydrogens is 385 g/mol. The number of hydrogen-bond acceptors (Lipinski definition) is 3. The third kappa shape index (κ3) is 7.96. The lowest BCUT2D eigenvalue weighted by molar-refractivity contribution is 0.185. The van der Waals surface area contributed by atoms with E-state index in [1.54, 1.807) is 14.2 Å². The molecule has 0 aliphatic rings. The number of hydrogen-bond donors (Lipinski definition) is 2. The summed E-state index contributed by atoms with van der Waals surface area (Å²) >= 11 is 1.82. The van der Waals surface area contributed by atoms with Gasteiger partial charge < -0.3 is 15.4 Å². The molecule has 0 amide bonds. The molecule has 20 heavy (non-hydrogen) atoms. The SMILES string of the molecule is CN=C(NCCSC)NCc1ccc(COC)cc1.I. The van der Waals surface area contributed by atoms with Crippen LogP contribution in [-0.2, 0) is 17.9 Å². The molecule has 0 bridgehead atoms. The van der Waals surface area contributed by atoms with Crippen molar-refractivity contribution in [1.29, 1.82) is 0 Å². The summed E-state index contributed by atoms with van der Waals surface area (Å²) in [6, 6.07) is 8.39. The van der Waals surface area contributed by atoms with Crippen molar-refractivity contribution in [3.05, 3.63) is 35.4 Å². The van der Waals surface area contributed by atoms with E-state index in [1.165, 1.54) is 11.1 Å². The highest BCUT2D eigenvalue weighted by Gasteiger charge is 1.98. The highest BCUT2D eigenvalue weighted by Crippen LogP contribution is 2.05. The molecule has 1 aromatic rings. The Morgan fingerprint density at radius 1 is 1.20 bits per heavy atom. The minimum absolute atomic E-state index is 0. The summed E-state index contributed by atoms with van der Waals surface area (Å²) in [5, 5.41) is 6.56. The van der Waals surface area contributed by atoms with Gasteiger partial charge in [0.1, 0.15) is 0 Å². The molecule has 2 N–H and O–H groups in total. The predicted molar refractivity (Wildman–Crippen MR) is 99.2 cm³/mol. The second kappa shape index (κ2) is 12.3. The number of aliphatic imine (C=N–C) groups is 1. The fourth-order valence-corrected chi connectivity index (χ4v) is 1.90. The molecule has 0 saturated carbocycles. The van der Waals surface area contributed by atoms with Crippen molar-refractivity contribution in [2.24, 2.45) is 4.99 Å². The average molecular weight is 409 g/mol. The average Bonchev–Trinajstić information content (AvgIpc) is 2.44. The molecule has 0 spiro atoms. The Hall–Kier alpha value is -0.470. The number of nitrogens with one attached hydrogen (secondary N) is 2. The van der Waals surface area contributed by atoms with Crippen LogP contribution < -0.4 is 10.6 Å². The van der Waals surface area contributed by atoms with Crippen LogP contribution in [-0.4, -0.2) is 38.7 Å². The molecule has 0 radical (unpaired) electrons. The van der Waals surface area contributed by atoms with Crippen molar-refractivity contribution in [2.45, 2.75) is 13.2 Å². The maximum absolute atomic E-state index is 5.09. The van der Waals surface area contributed by atoms with Gasteiger partial charge in [0, 0.05) is 33.0 Å². The molecule has 1 aromatic carbocycles. The molecule has 114 valence electrons. The Bertz CT molecular complexity index is 385. The van der Waals surface area contributed by atoms with E-state index in [1.807, 2.05) is 11.8 Å². The first kappa shape index (κ1) is 19.5. The molecule has 0 unspecified atom stereocenters. The number of guanidine groups is 1. The quantitative estimate of drug-likeness (QED) is 0.315. The smallest absolute Gasteiger partial charge is 0.191 e. The van der Waals surface area contributed by atoms with E-state index in [-0.39, 0.29) is 24.0 Å². The van der Waals surface area contributed by atoms with Crippen molar-refractivity contribution in [3.63, 3.8) is 0 Å². The topological polar surface area (TPSA) is 45.7 Å². The fraction of sp³-hybridized carbons (Fsp3) is 0.500. The van der Waals surface area contributed by atoms with E-state index in [0.717, 1.165) is 24.8 Å². The van der Waals surface area contributed by atoms with Gasteiger partial charge in [0.25, 0.3) is 0 Å². The second-order valence-electron chi connectivity index (χ2n) is 4.09. The highest BCUT2D eigenvalue weighted by atomic mass is 127. The van der Waals surface area contributed by atoms with Gasteiger partial charge in [0.05, 0.1) is 6.61 Å². The number of halogens is 1. The molecule has 0 saturated heterocycles. The van der Waals surface area contributed by atoms with E-state index < -0.39 is 0 Å². The minimum atomic E-state index is 0. The lowest BCUT2D eigenvalue weighted by Gasteiger charge is -2.11. The number of rotatable bonds is 7. The van der Waals surface area contributed by atoms with Crippen LogP contribution in [0.25, 0.3) is 0 Å². The van der Waals surface area contributed by atoms with Crippen LogP contribution in [0, 0.1) is 0 Å². The molecule has 0 aliphatic heterocycles. The monoisotopic (exact) mass is 409 g/mol. The number of ether oxygens (including phenoxy) is 1. The maximum atomic E-state index is 5.09. The third-order valence-corrected chi connectivity index (χ3v) is 3.23. The van der Waals surface area contributed by atoms with Crippen LogP contribution in [0.5, 0.6) is 0 Å². The van der Waals surface area contributed by atoms with Crippen LogP contribution in [0.3, 0.4) is 0 Å². The Kier molecular flexibility index (Phi) is 12.0. The van der Waals surface area contributed by atoms with Gasteiger partial charge in [-0.25, -0.2) is 0 Å². The summed E-state index contributed by atoms with van der Waals surface area (Å²) in [5.41, 5.74) is 2.42. The Morgan fingerprint density at radius 3 is 2.40 bits per heavy atom. The van der Waals surface area contributed by atoms with Crippen molar-refractivity contribution < 1.29 is 4.74 Å². The molecule has 4 nitrogen and oxygen atoms in total. The zero-order valence-corrected chi connectivity index (χ0v) is 15.5. The van der Waals surface area contributed by atoms with Crippen molar-refractivity contribution in [3.8, 4) is 0 Å². The highest BCUT2D eigenvalue weighted by molar-refractivity contribution is 14.0. The minimum Gasteiger partial charge on any atom is -0.380 e. The maximum Gasteiger partial charge on any atom is 0.191 e. The van der Waals surface area contributed by atoms with Gasteiger partial charge in [-0.2, -0.15) is 11.8 Å². The largest absolute Gasteiger partial charge is 0.380 e. The standard InChI is InChI=1S/C14H23N3OS.HI/c1-15-14(16-8-9-19-3)17-10-12-4-6-13(7-5-12)11-18-2;/h4-7H,8-11H2,1-3H3,(H2,15,16,17);1H. The summed E-state index contributed by atoms with van der Waals surface area (Å²) in [6.45, 7) is 2.35. The van der Waals surface area contributed by atoms with E-state index >= 15 is 0 Å².